The maximum absolute atomic E-state index is 6.85. The fourth-order valence-electron chi connectivity index (χ4n) is 12.3. The van der Waals surface area contributed by atoms with E-state index in [9.17, 15) is 0 Å². The van der Waals surface area contributed by atoms with Crippen molar-refractivity contribution in [3.05, 3.63) is 252 Å². The van der Waals surface area contributed by atoms with Gasteiger partial charge in [0.15, 0.2) is 17.5 Å². The van der Waals surface area contributed by atoms with Crippen LogP contribution in [-0.4, -0.2) is 19.5 Å². The van der Waals surface area contributed by atoms with Crippen LogP contribution in [0.5, 0.6) is 0 Å². The van der Waals surface area contributed by atoms with E-state index < -0.39 is 0 Å². The van der Waals surface area contributed by atoms with Crippen molar-refractivity contribution in [2.75, 3.05) is 0 Å². The second-order valence-electron chi connectivity index (χ2n) is 20.3. The SMILES string of the molecule is CC1(C)c2ccccc2-c2cc3c(cc21)CC(c1ccc2oc4c(-c5nc(-c6ccccc6)nc(-c6ccccc6)n5)cccc4c2c1)c1ccc(-c2ccc4c(c2)c2ccccc2n4-c2ccccc2)cc1-3. The van der Waals surface area contributed by atoms with Gasteiger partial charge < -0.3 is 8.98 Å². The molecule has 0 bridgehead atoms. The Labute approximate surface area is 422 Å². The highest BCUT2D eigenvalue weighted by Crippen LogP contribution is 2.54. The van der Waals surface area contributed by atoms with Crippen LogP contribution in [0.3, 0.4) is 0 Å². The fraction of sp³-hybridized carbons (Fsp3) is 0.0735. The molecule has 0 radical (unpaired) electrons. The molecule has 1 atom stereocenters. The lowest BCUT2D eigenvalue weighted by molar-refractivity contribution is 0.657. The van der Waals surface area contributed by atoms with Gasteiger partial charge in [-0.2, -0.15) is 0 Å². The standard InChI is InChI=1S/C68H46N4O/c1-68(2)59-27-14-12-23-49(59)56-40-54-46(39-60(56)68)38-53(48-32-29-43(35-55(48)54)44-30-33-62-57(36-44)50-24-13-15-28-61(50)72(62)47-21-10-5-11-22-47)45-31-34-63-58(37-45)51-25-16-26-52(64(51)73-63)67-70-65(41-17-6-3-7-18-41)69-66(71-67)42-19-8-4-9-20-42/h3-37,39-40,53H,38H2,1-2H3. The van der Waals surface area contributed by atoms with Crippen LogP contribution in [0.4, 0.5) is 0 Å². The van der Waals surface area contributed by atoms with Crippen molar-refractivity contribution in [2.45, 2.75) is 31.6 Å². The van der Waals surface area contributed by atoms with E-state index in [1.165, 1.54) is 83.0 Å². The first-order valence-corrected chi connectivity index (χ1v) is 25.3. The summed E-state index contributed by atoms with van der Waals surface area (Å²) < 4.78 is 9.24. The van der Waals surface area contributed by atoms with E-state index in [4.69, 9.17) is 19.4 Å². The van der Waals surface area contributed by atoms with Crippen molar-refractivity contribution >= 4 is 43.7 Å². The van der Waals surface area contributed by atoms with Crippen molar-refractivity contribution in [3.63, 3.8) is 0 Å². The highest BCUT2D eigenvalue weighted by Gasteiger charge is 2.38. The van der Waals surface area contributed by atoms with E-state index >= 15 is 0 Å². The lowest BCUT2D eigenvalue weighted by Crippen LogP contribution is -2.17. The molecule has 0 saturated carbocycles. The third kappa shape index (κ3) is 6.45. The maximum Gasteiger partial charge on any atom is 0.167 e. The summed E-state index contributed by atoms with van der Waals surface area (Å²) in [5.74, 6) is 1.92. The van der Waals surface area contributed by atoms with Crippen molar-refractivity contribution < 1.29 is 4.42 Å². The fourth-order valence-corrected chi connectivity index (χ4v) is 12.3. The minimum Gasteiger partial charge on any atom is -0.455 e. The van der Waals surface area contributed by atoms with Gasteiger partial charge in [-0.15, -0.1) is 0 Å². The number of hydrogen-bond acceptors (Lipinski definition) is 4. The molecule has 3 heterocycles. The molecule has 5 nitrogen and oxygen atoms in total. The third-order valence-corrected chi connectivity index (χ3v) is 15.8. The summed E-state index contributed by atoms with van der Waals surface area (Å²) in [6, 6.07) is 81.1. The van der Waals surface area contributed by atoms with E-state index in [0.717, 1.165) is 50.7 Å². The molecule has 3 aromatic heterocycles. The second-order valence-corrected chi connectivity index (χ2v) is 20.3. The van der Waals surface area contributed by atoms with E-state index in [2.05, 4.69) is 182 Å². The number of fused-ring (bicyclic) bond motifs is 12. The highest BCUT2D eigenvalue weighted by atomic mass is 16.3. The Morgan fingerprint density at radius 3 is 1.86 bits per heavy atom. The molecule has 0 spiro atoms. The van der Waals surface area contributed by atoms with E-state index in [1.54, 1.807) is 0 Å². The molecule has 0 N–H and O–H groups in total. The largest absolute Gasteiger partial charge is 0.455 e. The zero-order chi connectivity index (χ0) is 48.4. The van der Waals surface area contributed by atoms with E-state index in [-0.39, 0.29) is 11.3 Å². The number of benzene rings is 10. The lowest BCUT2D eigenvalue weighted by Gasteiger charge is -2.31. The van der Waals surface area contributed by atoms with Crippen molar-refractivity contribution in [1.29, 1.82) is 0 Å². The van der Waals surface area contributed by atoms with Crippen LogP contribution in [0.2, 0.25) is 0 Å². The third-order valence-electron chi connectivity index (χ3n) is 15.8. The van der Waals surface area contributed by atoms with Crippen molar-refractivity contribution in [3.8, 4) is 73.2 Å². The van der Waals surface area contributed by atoms with E-state index in [0.29, 0.717) is 17.5 Å². The first-order valence-electron chi connectivity index (χ1n) is 25.3. The number of aromatic nitrogens is 4. The molecular weight excluding hydrogens is 889 g/mol. The van der Waals surface area contributed by atoms with Gasteiger partial charge in [0.05, 0.1) is 16.6 Å². The van der Waals surface area contributed by atoms with Crippen LogP contribution in [0, 0.1) is 0 Å². The summed E-state index contributed by atoms with van der Waals surface area (Å²) in [7, 11) is 0. The van der Waals surface area contributed by atoms with Crippen LogP contribution in [0.1, 0.15) is 47.6 Å². The summed E-state index contributed by atoms with van der Waals surface area (Å²) >= 11 is 0. The predicted molar refractivity (Wildman–Crippen MR) is 298 cm³/mol. The molecule has 2 aliphatic rings. The van der Waals surface area contributed by atoms with Gasteiger partial charge >= 0.3 is 0 Å². The molecule has 0 amide bonds. The van der Waals surface area contributed by atoms with Gasteiger partial charge in [-0.1, -0.05) is 178 Å². The second kappa shape index (κ2) is 15.9. The van der Waals surface area contributed by atoms with Crippen LogP contribution in [0.15, 0.2) is 229 Å². The van der Waals surface area contributed by atoms with Gasteiger partial charge in [-0.05, 0) is 128 Å². The number of nitrogens with zero attached hydrogens (tertiary/aromatic N) is 4. The first-order chi connectivity index (χ1) is 35.9. The van der Waals surface area contributed by atoms with Crippen LogP contribution in [0.25, 0.3) is 117 Å². The summed E-state index contributed by atoms with van der Waals surface area (Å²) in [4.78, 5) is 15.1. The maximum atomic E-state index is 6.85. The van der Waals surface area contributed by atoms with Crippen LogP contribution in [-0.2, 0) is 11.8 Å². The zero-order valence-electron chi connectivity index (χ0n) is 40.3. The molecule has 10 aromatic carbocycles. The minimum atomic E-state index is -0.110. The molecule has 0 fully saturated rings. The molecule has 5 heteroatoms. The average Bonchev–Trinajstić information content (AvgIpc) is 4.07. The van der Waals surface area contributed by atoms with Crippen LogP contribution >= 0.6 is 0 Å². The smallest absolute Gasteiger partial charge is 0.167 e. The predicted octanol–water partition coefficient (Wildman–Crippen LogP) is 17.2. The molecule has 0 aliphatic heterocycles. The molecular formula is C68H46N4O. The topological polar surface area (TPSA) is 56.7 Å². The summed E-state index contributed by atoms with van der Waals surface area (Å²) in [6.45, 7) is 4.77. The van der Waals surface area contributed by atoms with E-state index in [1.807, 2.05) is 60.7 Å². The van der Waals surface area contributed by atoms with Crippen molar-refractivity contribution in [1.82, 2.24) is 19.5 Å². The minimum absolute atomic E-state index is 0.107. The van der Waals surface area contributed by atoms with Gasteiger partial charge in [-0.25, -0.2) is 15.0 Å². The van der Waals surface area contributed by atoms with Gasteiger partial charge in [0, 0.05) is 49.7 Å². The first kappa shape index (κ1) is 41.6. The Balaban J connectivity index is 0.886. The summed E-state index contributed by atoms with van der Waals surface area (Å²) in [5, 5.41) is 4.61. The van der Waals surface area contributed by atoms with Gasteiger partial charge in [-0.3, -0.25) is 0 Å². The lowest BCUT2D eigenvalue weighted by atomic mass is 9.72. The Bertz CT molecular complexity index is 4320. The molecule has 2 aliphatic carbocycles. The Morgan fingerprint density at radius 2 is 1.07 bits per heavy atom. The van der Waals surface area contributed by atoms with Gasteiger partial charge in [0.25, 0.3) is 0 Å². The quantitative estimate of drug-likeness (QED) is 0.167. The molecule has 13 aromatic rings. The molecule has 1 unspecified atom stereocenters. The molecule has 0 saturated heterocycles. The normalized spacial score (nSPS) is 14.4. The Hall–Kier alpha value is -9.19. The Kier molecular flexibility index (Phi) is 9.06. The molecule has 73 heavy (non-hydrogen) atoms. The number of rotatable bonds is 6. The number of furan rings is 1. The van der Waals surface area contributed by atoms with Crippen molar-refractivity contribution in [2.24, 2.45) is 0 Å². The average molecular weight is 935 g/mol. The highest BCUT2D eigenvalue weighted by molar-refractivity contribution is 6.11. The van der Waals surface area contributed by atoms with Gasteiger partial charge in [0.2, 0.25) is 0 Å². The summed E-state index contributed by atoms with van der Waals surface area (Å²) in [5.41, 5.74) is 22.2. The number of hydrogen-bond donors (Lipinski definition) is 0. The molecule has 15 rings (SSSR count). The van der Waals surface area contributed by atoms with Crippen LogP contribution < -0.4 is 0 Å². The Morgan fingerprint density at radius 1 is 0.425 bits per heavy atom. The zero-order valence-corrected chi connectivity index (χ0v) is 40.3. The number of para-hydroxylation sites is 3. The summed E-state index contributed by atoms with van der Waals surface area (Å²) in [6.07, 6.45) is 0.883. The van der Waals surface area contributed by atoms with Gasteiger partial charge in [0.1, 0.15) is 11.2 Å². The molecule has 344 valence electrons. The monoisotopic (exact) mass is 934 g/mol.